The molecule has 0 aromatic carbocycles. The molecule has 1 aliphatic heterocycles. The summed E-state index contributed by atoms with van der Waals surface area (Å²) in [7, 11) is 0. The Morgan fingerprint density at radius 2 is 1.65 bits per heavy atom. The second kappa shape index (κ2) is 15.2. The molecule has 10 nitrogen and oxygen atoms in total. The molecule has 2 aliphatic carbocycles. The molecule has 0 radical (unpaired) electrons. The van der Waals surface area contributed by atoms with Gasteiger partial charge in [0, 0.05) is 18.1 Å². The molecule has 4 amide bonds. The number of Topliss-reactive ketones (excluding diaryl/α,β-unsaturated/α-hetero) is 1. The Labute approximate surface area is 259 Å². The Kier molecular flexibility index (Phi) is 12.5. The van der Waals surface area contributed by atoms with E-state index in [9.17, 15) is 24.3 Å². The van der Waals surface area contributed by atoms with E-state index >= 15 is 0 Å². The number of nitrogens with one attached hydrogen (secondary N) is 4. The first kappa shape index (κ1) is 35.3. The van der Waals surface area contributed by atoms with Gasteiger partial charge in [0.2, 0.25) is 11.7 Å². The van der Waals surface area contributed by atoms with Crippen LogP contribution in [0.15, 0.2) is 0 Å². The standard InChI is InChI=1S/C33H59N5O5/c1-8-13-24(26(39)29(41)34-23-14-15-23)35-28(40)25-22(20-21(3)4)16-19-38(25)30(42)27(32(5,6)7)36-31(43)37-33(9-2)17-11-10-12-18-33/h21-25,27-28,35,40H,8-20H2,1-7H3,(H,34,41)(H2,36,37,43)/t22?,24-,25+,27-,28?/m1/s1. The number of aliphatic hydroxyl groups is 1. The lowest BCUT2D eigenvalue weighted by molar-refractivity contribution is -0.142. The Morgan fingerprint density at radius 3 is 2.19 bits per heavy atom. The minimum absolute atomic E-state index is 0.00386. The first-order chi connectivity index (χ1) is 20.2. The van der Waals surface area contributed by atoms with E-state index in [1.807, 2.05) is 27.7 Å². The smallest absolute Gasteiger partial charge is 0.315 e. The third-order valence-electron chi connectivity index (χ3n) is 9.62. The first-order valence-electron chi connectivity index (χ1n) is 16.9. The molecule has 0 aromatic rings. The monoisotopic (exact) mass is 605 g/mol. The largest absolute Gasteiger partial charge is 0.376 e. The van der Waals surface area contributed by atoms with Crippen LogP contribution >= 0.6 is 0 Å². The number of amides is 4. The van der Waals surface area contributed by atoms with Crippen LogP contribution in [0.2, 0.25) is 0 Å². The summed E-state index contributed by atoms with van der Waals surface area (Å²) in [6, 6.07) is -2.52. The maximum absolute atomic E-state index is 14.3. The highest BCUT2D eigenvalue weighted by molar-refractivity contribution is 6.38. The van der Waals surface area contributed by atoms with E-state index in [1.54, 1.807) is 4.90 Å². The molecular weight excluding hydrogens is 546 g/mol. The van der Waals surface area contributed by atoms with Gasteiger partial charge in [-0.05, 0) is 68.6 Å². The molecular formula is C33H59N5O5. The van der Waals surface area contributed by atoms with Crippen LogP contribution in [0.3, 0.4) is 0 Å². The van der Waals surface area contributed by atoms with Gasteiger partial charge in [-0.25, -0.2) is 4.79 Å². The van der Waals surface area contributed by atoms with Crippen molar-refractivity contribution in [3.05, 3.63) is 0 Å². The van der Waals surface area contributed by atoms with Gasteiger partial charge in [0.15, 0.2) is 0 Å². The zero-order valence-corrected chi connectivity index (χ0v) is 27.8. The highest BCUT2D eigenvalue weighted by atomic mass is 16.3. The van der Waals surface area contributed by atoms with Crippen molar-refractivity contribution in [2.45, 2.75) is 161 Å². The molecule has 5 N–H and O–H groups in total. The number of carbonyl (C=O) groups excluding carboxylic acids is 4. The number of carbonyl (C=O) groups is 4. The van der Waals surface area contributed by atoms with Crippen LogP contribution in [-0.4, -0.2) is 76.1 Å². The minimum atomic E-state index is -1.20. The molecule has 246 valence electrons. The molecule has 3 rings (SSSR count). The first-order valence-corrected chi connectivity index (χ1v) is 16.9. The predicted octanol–water partition coefficient (Wildman–Crippen LogP) is 4.00. The SMILES string of the molecule is CCC[C@@H](NC(O)[C@@H]1C(CC(C)C)CCN1C(=O)[C@@H](NC(=O)NC1(CC)CCCCC1)C(C)(C)C)C(=O)C(=O)NC1CC1. The Bertz CT molecular complexity index is 969. The maximum atomic E-state index is 14.3. The van der Waals surface area contributed by atoms with Crippen molar-refractivity contribution in [3.63, 3.8) is 0 Å². The van der Waals surface area contributed by atoms with E-state index in [0.29, 0.717) is 31.7 Å². The van der Waals surface area contributed by atoms with Crippen LogP contribution in [0.1, 0.15) is 126 Å². The second-order valence-electron chi connectivity index (χ2n) is 14.9. The van der Waals surface area contributed by atoms with Gasteiger partial charge in [0.1, 0.15) is 12.3 Å². The fourth-order valence-corrected chi connectivity index (χ4v) is 6.97. The molecule has 0 bridgehead atoms. The number of nitrogens with zero attached hydrogens (tertiary/aromatic N) is 1. The van der Waals surface area contributed by atoms with Crippen LogP contribution in [0.25, 0.3) is 0 Å². The number of rotatable bonds is 14. The van der Waals surface area contributed by atoms with Gasteiger partial charge in [0.05, 0.1) is 12.1 Å². The van der Waals surface area contributed by atoms with E-state index in [0.717, 1.165) is 51.4 Å². The average molecular weight is 606 g/mol. The molecule has 2 saturated carbocycles. The fraction of sp³-hybridized carbons (Fsp3) is 0.879. The Balaban J connectivity index is 1.80. The molecule has 5 atom stereocenters. The summed E-state index contributed by atoms with van der Waals surface area (Å²) >= 11 is 0. The highest BCUT2D eigenvalue weighted by Gasteiger charge is 2.47. The molecule has 3 fully saturated rings. The number of urea groups is 1. The van der Waals surface area contributed by atoms with Crippen molar-refractivity contribution in [2.24, 2.45) is 17.3 Å². The summed E-state index contributed by atoms with van der Waals surface area (Å²) in [5.41, 5.74) is -0.833. The van der Waals surface area contributed by atoms with Gasteiger partial charge in [-0.1, -0.05) is 74.1 Å². The van der Waals surface area contributed by atoms with E-state index in [-0.39, 0.29) is 29.4 Å². The highest BCUT2D eigenvalue weighted by Crippen LogP contribution is 2.35. The van der Waals surface area contributed by atoms with Gasteiger partial charge in [-0.3, -0.25) is 19.7 Å². The second-order valence-corrected chi connectivity index (χ2v) is 14.9. The lowest BCUT2D eigenvalue weighted by Gasteiger charge is -2.41. The van der Waals surface area contributed by atoms with Gasteiger partial charge >= 0.3 is 6.03 Å². The summed E-state index contributed by atoms with van der Waals surface area (Å²) in [6.07, 6.45) is 9.16. The van der Waals surface area contributed by atoms with E-state index in [2.05, 4.69) is 42.0 Å². The molecule has 0 spiro atoms. The summed E-state index contributed by atoms with van der Waals surface area (Å²) in [5.74, 6) is -1.09. The minimum Gasteiger partial charge on any atom is -0.376 e. The maximum Gasteiger partial charge on any atom is 0.315 e. The van der Waals surface area contributed by atoms with Crippen LogP contribution < -0.4 is 21.3 Å². The third kappa shape index (κ3) is 9.64. The quantitative estimate of drug-likeness (QED) is 0.150. The molecule has 43 heavy (non-hydrogen) atoms. The zero-order chi connectivity index (χ0) is 31.9. The topological polar surface area (TPSA) is 140 Å². The molecule has 1 heterocycles. The summed E-state index contributed by atoms with van der Waals surface area (Å²) in [6.45, 7) is 14.5. The molecule has 10 heteroatoms. The zero-order valence-electron chi connectivity index (χ0n) is 27.8. The van der Waals surface area contributed by atoms with Crippen LogP contribution in [-0.2, 0) is 14.4 Å². The van der Waals surface area contributed by atoms with Gasteiger partial charge in [0.25, 0.3) is 5.91 Å². The number of likely N-dealkylation sites (tertiary alicyclic amines) is 1. The third-order valence-corrected chi connectivity index (χ3v) is 9.62. The Morgan fingerprint density at radius 1 is 1.00 bits per heavy atom. The number of hydrogen-bond donors (Lipinski definition) is 5. The molecule has 3 aliphatic rings. The fourth-order valence-electron chi connectivity index (χ4n) is 6.97. The van der Waals surface area contributed by atoms with Gasteiger partial charge in [-0.15, -0.1) is 0 Å². The van der Waals surface area contributed by atoms with Crippen molar-refractivity contribution >= 4 is 23.6 Å². The number of ketones is 1. The molecule has 0 aromatic heterocycles. The summed E-state index contributed by atoms with van der Waals surface area (Å²) in [5, 5.41) is 23.7. The van der Waals surface area contributed by atoms with Crippen molar-refractivity contribution in [1.29, 1.82) is 0 Å². The van der Waals surface area contributed by atoms with Gasteiger partial charge in [-0.2, -0.15) is 0 Å². The normalized spacial score (nSPS) is 24.3. The Hall–Kier alpha value is -2.20. The van der Waals surface area contributed by atoms with Crippen molar-refractivity contribution in [1.82, 2.24) is 26.2 Å². The molecule has 1 saturated heterocycles. The average Bonchev–Trinajstić information content (AvgIpc) is 3.66. The van der Waals surface area contributed by atoms with Crippen molar-refractivity contribution in [3.8, 4) is 0 Å². The predicted molar refractivity (Wildman–Crippen MR) is 168 cm³/mol. The van der Waals surface area contributed by atoms with Crippen molar-refractivity contribution in [2.75, 3.05) is 6.54 Å². The van der Waals surface area contributed by atoms with Crippen molar-refractivity contribution < 1.29 is 24.3 Å². The number of hydrogen-bond acceptors (Lipinski definition) is 6. The van der Waals surface area contributed by atoms with Crippen LogP contribution in [0.5, 0.6) is 0 Å². The van der Waals surface area contributed by atoms with Gasteiger partial charge < -0.3 is 26.0 Å². The van der Waals surface area contributed by atoms with Crippen LogP contribution in [0, 0.1) is 17.3 Å². The van der Waals surface area contributed by atoms with E-state index in [4.69, 9.17) is 0 Å². The van der Waals surface area contributed by atoms with E-state index in [1.165, 1.54) is 6.42 Å². The summed E-state index contributed by atoms with van der Waals surface area (Å²) in [4.78, 5) is 55.1. The van der Waals surface area contributed by atoms with Crippen LogP contribution in [0.4, 0.5) is 4.79 Å². The molecule has 2 unspecified atom stereocenters. The number of aliphatic hydroxyl groups excluding tert-OH is 1. The lowest BCUT2D eigenvalue weighted by Crippen LogP contribution is -2.63. The van der Waals surface area contributed by atoms with E-state index < -0.39 is 41.5 Å². The summed E-state index contributed by atoms with van der Waals surface area (Å²) < 4.78 is 0. The lowest BCUT2D eigenvalue weighted by atomic mass is 9.80.